The van der Waals surface area contributed by atoms with E-state index in [0.29, 0.717) is 25.7 Å². The number of hydrogen-bond acceptors (Lipinski definition) is 10. The van der Waals surface area contributed by atoms with Gasteiger partial charge < -0.3 is 50.3 Å². The highest BCUT2D eigenvalue weighted by molar-refractivity contribution is 5.24. The highest BCUT2D eigenvalue weighted by atomic mass is 16.7. The molecule has 266 valence electrons. The fourth-order valence-electron chi connectivity index (χ4n) is 11.6. The molecule has 1 aliphatic heterocycles. The van der Waals surface area contributed by atoms with E-state index in [-0.39, 0.29) is 39.9 Å². The molecule has 4 aliphatic carbocycles. The zero-order chi connectivity index (χ0) is 34.4. The van der Waals surface area contributed by atoms with Crippen molar-refractivity contribution in [2.75, 3.05) is 6.61 Å². The summed E-state index contributed by atoms with van der Waals surface area (Å²) in [4.78, 5) is 0. The molecule has 8 N–H and O–H groups in total. The van der Waals surface area contributed by atoms with Crippen molar-refractivity contribution in [1.29, 1.82) is 0 Å². The maximum atomic E-state index is 12.1. The lowest BCUT2D eigenvalue weighted by Gasteiger charge is -2.72. The SMILES string of the molecule is C/C(=C\CC(O)C(C)(C)O)[C@H]1CC[C@]2(C)[C@@H]1[C@H](O)C[C@@H]1[C@@]3(C)CC[C@H](O)C(C)(C)[C@@H]3[C@@H](O[C@@H]3O[C@H](CO)[C@@H](O)[C@H](O)[C@H]3O)C[C@]12C. The van der Waals surface area contributed by atoms with Crippen molar-refractivity contribution in [1.82, 2.24) is 0 Å². The Balaban J connectivity index is 1.53. The second kappa shape index (κ2) is 12.3. The van der Waals surface area contributed by atoms with Crippen molar-refractivity contribution >= 4 is 0 Å². The Kier molecular flexibility index (Phi) is 9.78. The molecule has 1 saturated heterocycles. The molecular formula is C36H62O10. The lowest BCUT2D eigenvalue weighted by molar-refractivity contribution is -0.346. The van der Waals surface area contributed by atoms with Crippen LogP contribution in [0.3, 0.4) is 0 Å². The third kappa shape index (κ3) is 5.55. The van der Waals surface area contributed by atoms with Crippen LogP contribution in [0.1, 0.15) is 100 Å². The van der Waals surface area contributed by atoms with Gasteiger partial charge in [-0.25, -0.2) is 0 Å². The van der Waals surface area contributed by atoms with E-state index in [2.05, 4.69) is 41.5 Å². The van der Waals surface area contributed by atoms with Crippen molar-refractivity contribution in [3.8, 4) is 0 Å². The van der Waals surface area contributed by atoms with Crippen molar-refractivity contribution in [2.45, 2.75) is 161 Å². The minimum atomic E-state index is -1.55. The van der Waals surface area contributed by atoms with E-state index in [1.54, 1.807) is 13.8 Å². The summed E-state index contributed by atoms with van der Waals surface area (Å²) in [5.41, 5.74) is -1.57. The highest BCUT2D eigenvalue weighted by Gasteiger charge is 2.72. The zero-order valence-corrected chi connectivity index (χ0v) is 29.1. The Morgan fingerprint density at radius 3 is 2.22 bits per heavy atom. The van der Waals surface area contributed by atoms with Gasteiger partial charge in [0.25, 0.3) is 0 Å². The smallest absolute Gasteiger partial charge is 0.186 e. The van der Waals surface area contributed by atoms with Crippen LogP contribution in [-0.2, 0) is 9.47 Å². The van der Waals surface area contributed by atoms with Gasteiger partial charge in [-0.15, -0.1) is 0 Å². The topological polar surface area (TPSA) is 180 Å². The first kappa shape index (κ1) is 36.6. The average Bonchev–Trinajstić information content (AvgIpc) is 3.34. The van der Waals surface area contributed by atoms with Crippen molar-refractivity contribution in [3.05, 3.63) is 11.6 Å². The standard InChI is InChI=1S/C36H62O10/c1-18(9-10-25(40)33(4,5)44)19-11-14-35(7)26(19)20(38)15-23-34(6)13-12-24(39)32(2,3)30(34)21(16-36(23,35)8)45-31-29(43)28(42)27(41)22(17-37)46-31/h9,19-31,37-44H,10-17H2,1-8H3/b18-9+/t19-,20-,21+,22-,23-,24+,25?,26+,27-,28+,29-,30+,31-,34-,35-,36-/m1/s1. The number of ether oxygens (including phenoxy) is 2. The van der Waals surface area contributed by atoms with Crippen LogP contribution in [0.5, 0.6) is 0 Å². The summed E-state index contributed by atoms with van der Waals surface area (Å²) in [7, 11) is 0. The minimum absolute atomic E-state index is 0.0282. The van der Waals surface area contributed by atoms with E-state index >= 15 is 0 Å². The van der Waals surface area contributed by atoms with Crippen molar-refractivity contribution in [3.63, 3.8) is 0 Å². The number of hydrogen-bond donors (Lipinski definition) is 8. The molecule has 4 saturated carbocycles. The molecule has 10 nitrogen and oxygen atoms in total. The summed E-state index contributed by atoms with van der Waals surface area (Å²) >= 11 is 0. The van der Waals surface area contributed by atoms with Gasteiger partial charge in [-0.3, -0.25) is 0 Å². The number of fused-ring (bicyclic) bond motifs is 5. The molecule has 0 aromatic carbocycles. The third-order valence-electron chi connectivity index (χ3n) is 14.5. The van der Waals surface area contributed by atoms with Crippen molar-refractivity contribution < 1.29 is 50.3 Å². The normalized spacial score (nSPS) is 51.6. The average molecular weight is 655 g/mol. The maximum Gasteiger partial charge on any atom is 0.186 e. The fraction of sp³-hybridized carbons (Fsp3) is 0.944. The van der Waals surface area contributed by atoms with Gasteiger partial charge in [0.05, 0.1) is 36.6 Å². The minimum Gasteiger partial charge on any atom is -0.394 e. The van der Waals surface area contributed by atoms with Crippen molar-refractivity contribution in [2.24, 2.45) is 45.3 Å². The van der Waals surface area contributed by atoms with Gasteiger partial charge in [-0.1, -0.05) is 46.3 Å². The predicted octanol–water partition coefficient (Wildman–Crippen LogP) is 2.27. The Bertz CT molecular complexity index is 1130. The van der Waals surface area contributed by atoms with Crippen LogP contribution in [0.4, 0.5) is 0 Å². The molecule has 0 aromatic rings. The predicted molar refractivity (Wildman–Crippen MR) is 171 cm³/mol. The molecular weight excluding hydrogens is 592 g/mol. The van der Waals surface area contributed by atoms with Crippen LogP contribution >= 0.6 is 0 Å². The number of aliphatic hydroxyl groups excluding tert-OH is 7. The molecule has 0 radical (unpaired) electrons. The molecule has 1 heterocycles. The van der Waals surface area contributed by atoms with E-state index in [0.717, 1.165) is 24.8 Å². The second-order valence-corrected chi connectivity index (χ2v) is 17.7. The molecule has 5 aliphatic rings. The molecule has 5 rings (SSSR count). The first-order valence-corrected chi connectivity index (χ1v) is 17.5. The van der Waals surface area contributed by atoms with Crippen LogP contribution < -0.4 is 0 Å². The van der Waals surface area contributed by atoms with Gasteiger partial charge in [0.1, 0.15) is 24.4 Å². The Hall–Kier alpha value is -0.660. The number of allylic oxidation sites excluding steroid dienone is 1. The van der Waals surface area contributed by atoms with E-state index < -0.39 is 72.7 Å². The summed E-state index contributed by atoms with van der Waals surface area (Å²) in [5, 5.41) is 86.0. The first-order chi connectivity index (χ1) is 21.1. The Morgan fingerprint density at radius 2 is 1.61 bits per heavy atom. The summed E-state index contributed by atoms with van der Waals surface area (Å²) in [5.74, 6) is 0.0534. The van der Waals surface area contributed by atoms with E-state index in [9.17, 15) is 40.9 Å². The van der Waals surface area contributed by atoms with Crippen LogP contribution in [0.25, 0.3) is 0 Å². The van der Waals surface area contributed by atoms with Gasteiger partial charge in [-0.05, 0) is 111 Å². The molecule has 0 amide bonds. The lowest BCUT2D eigenvalue weighted by atomic mass is 9.34. The van der Waals surface area contributed by atoms with Gasteiger partial charge in [-0.2, -0.15) is 0 Å². The summed E-state index contributed by atoms with van der Waals surface area (Å²) < 4.78 is 12.6. The summed E-state index contributed by atoms with van der Waals surface area (Å²) in [6.45, 7) is 15.8. The first-order valence-electron chi connectivity index (χ1n) is 17.5. The van der Waals surface area contributed by atoms with E-state index in [1.165, 1.54) is 0 Å². The molecule has 16 atom stereocenters. The fourth-order valence-corrected chi connectivity index (χ4v) is 11.6. The largest absolute Gasteiger partial charge is 0.394 e. The van der Waals surface area contributed by atoms with Gasteiger partial charge in [0.2, 0.25) is 0 Å². The summed E-state index contributed by atoms with van der Waals surface area (Å²) in [6, 6.07) is 0. The van der Waals surface area contributed by atoms with Gasteiger partial charge in [0, 0.05) is 0 Å². The lowest BCUT2D eigenvalue weighted by Crippen LogP contribution is -2.70. The molecule has 5 fully saturated rings. The molecule has 10 heteroatoms. The quantitative estimate of drug-likeness (QED) is 0.150. The van der Waals surface area contributed by atoms with Crippen LogP contribution in [0.15, 0.2) is 11.6 Å². The van der Waals surface area contributed by atoms with Gasteiger partial charge >= 0.3 is 0 Å². The second-order valence-electron chi connectivity index (χ2n) is 17.7. The Labute approximate surface area is 274 Å². The van der Waals surface area contributed by atoms with Crippen LogP contribution in [-0.4, -0.2) is 108 Å². The van der Waals surface area contributed by atoms with Crippen LogP contribution in [0.2, 0.25) is 0 Å². The Morgan fingerprint density at radius 1 is 0.957 bits per heavy atom. The molecule has 1 unspecified atom stereocenters. The molecule has 46 heavy (non-hydrogen) atoms. The molecule has 0 bridgehead atoms. The van der Waals surface area contributed by atoms with Gasteiger partial charge in [0.15, 0.2) is 6.29 Å². The number of aliphatic hydroxyl groups is 8. The molecule has 0 aromatic heterocycles. The maximum absolute atomic E-state index is 12.1. The monoisotopic (exact) mass is 654 g/mol. The van der Waals surface area contributed by atoms with E-state index in [4.69, 9.17) is 9.47 Å². The highest BCUT2D eigenvalue weighted by Crippen LogP contribution is 2.76. The van der Waals surface area contributed by atoms with Crippen LogP contribution in [0, 0.1) is 45.3 Å². The summed E-state index contributed by atoms with van der Waals surface area (Å²) in [6.07, 6.45) is -2.67. The van der Waals surface area contributed by atoms with E-state index in [1.807, 2.05) is 6.08 Å². The molecule has 0 spiro atoms. The third-order valence-corrected chi connectivity index (χ3v) is 14.5. The number of rotatable bonds is 7. The zero-order valence-electron chi connectivity index (χ0n) is 29.1.